The van der Waals surface area contributed by atoms with Gasteiger partial charge in [0.1, 0.15) is 0 Å². The molecule has 4 nitrogen and oxygen atoms in total. The van der Waals surface area contributed by atoms with E-state index in [9.17, 15) is 4.79 Å². The first-order valence-corrected chi connectivity index (χ1v) is 3.86. The second kappa shape index (κ2) is 2.97. The largest absolute Gasteiger partial charge is 0.463 e. The molecule has 0 aliphatic heterocycles. The minimum Gasteiger partial charge on any atom is -0.463 e. The van der Waals surface area contributed by atoms with Crippen molar-refractivity contribution in [2.75, 3.05) is 0 Å². The van der Waals surface area contributed by atoms with Crippen molar-refractivity contribution in [3.63, 3.8) is 0 Å². The summed E-state index contributed by atoms with van der Waals surface area (Å²) in [7, 11) is 0. The molecule has 0 spiro atoms. The van der Waals surface area contributed by atoms with Crippen molar-refractivity contribution in [1.29, 1.82) is 0 Å². The Morgan fingerprint density at radius 2 is 2.17 bits per heavy atom. The molecule has 0 aliphatic carbocycles. The molecule has 1 rings (SSSR count). The quantitative estimate of drug-likeness (QED) is 0.692. The molecular formula is C8H12N2O2. The molecule has 0 atom stereocenters. The van der Waals surface area contributed by atoms with E-state index in [0.717, 1.165) is 28.1 Å². The number of hydrogen-bond donors (Lipinski definition) is 1. The van der Waals surface area contributed by atoms with Crippen LogP contribution in [0.5, 0.6) is 0 Å². The van der Waals surface area contributed by atoms with E-state index in [1.165, 1.54) is 0 Å². The van der Waals surface area contributed by atoms with E-state index in [2.05, 4.69) is 5.10 Å². The average Bonchev–Trinajstić information content (AvgIpc) is 2.27. The summed E-state index contributed by atoms with van der Waals surface area (Å²) in [6.45, 7) is 5.58. The highest BCUT2D eigenvalue weighted by Gasteiger charge is 2.13. The molecule has 0 radical (unpaired) electrons. The van der Waals surface area contributed by atoms with Crippen molar-refractivity contribution < 1.29 is 9.90 Å². The third kappa shape index (κ3) is 1.20. The van der Waals surface area contributed by atoms with E-state index < -0.39 is 6.09 Å². The normalized spacial score (nSPS) is 10.2. The van der Waals surface area contributed by atoms with Gasteiger partial charge in [-0.1, -0.05) is 6.92 Å². The van der Waals surface area contributed by atoms with Crippen LogP contribution in [-0.4, -0.2) is 21.0 Å². The summed E-state index contributed by atoms with van der Waals surface area (Å²) in [5, 5.41) is 12.6. The van der Waals surface area contributed by atoms with Crippen molar-refractivity contribution in [1.82, 2.24) is 9.78 Å². The summed E-state index contributed by atoms with van der Waals surface area (Å²) in [6, 6.07) is 0. The Morgan fingerprint density at radius 1 is 1.58 bits per heavy atom. The number of aromatic nitrogens is 2. The molecule has 0 aliphatic rings. The van der Waals surface area contributed by atoms with Crippen LogP contribution in [0.2, 0.25) is 0 Å². The number of nitrogens with zero attached hydrogens (tertiary/aromatic N) is 2. The van der Waals surface area contributed by atoms with E-state index in [-0.39, 0.29) is 0 Å². The molecule has 1 heterocycles. The molecule has 1 aromatic rings. The Hall–Kier alpha value is -1.32. The molecule has 66 valence electrons. The Morgan fingerprint density at radius 3 is 2.42 bits per heavy atom. The Labute approximate surface area is 70.8 Å². The first-order valence-electron chi connectivity index (χ1n) is 3.86. The predicted octanol–water partition coefficient (Wildman–Crippen LogP) is 1.59. The SMILES string of the molecule is CCc1c(C)nn(C(=O)O)c1C. The van der Waals surface area contributed by atoms with E-state index in [1.807, 2.05) is 13.8 Å². The minimum absolute atomic E-state index is 0.725. The molecule has 0 amide bonds. The maximum Gasteiger partial charge on any atom is 0.432 e. The molecule has 0 aromatic carbocycles. The summed E-state index contributed by atoms with van der Waals surface area (Å²) < 4.78 is 1.02. The van der Waals surface area contributed by atoms with E-state index in [0.29, 0.717) is 0 Å². The summed E-state index contributed by atoms with van der Waals surface area (Å²) >= 11 is 0. The van der Waals surface area contributed by atoms with Gasteiger partial charge in [0, 0.05) is 0 Å². The van der Waals surface area contributed by atoms with Gasteiger partial charge in [-0.2, -0.15) is 9.78 Å². The predicted molar refractivity (Wildman–Crippen MR) is 44.5 cm³/mol. The zero-order valence-electron chi connectivity index (χ0n) is 7.46. The summed E-state index contributed by atoms with van der Waals surface area (Å²) in [4.78, 5) is 10.6. The molecule has 1 aromatic heterocycles. The molecule has 0 fully saturated rings. The highest BCUT2D eigenvalue weighted by atomic mass is 16.4. The standard InChI is InChI=1S/C8H12N2O2/c1-4-7-5(2)9-10(6(7)3)8(11)12/h4H2,1-3H3,(H,11,12). The first-order chi connectivity index (χ1) is 5.57. The maximum atomic E-state index is 10.6. The number of aryl methyl sites for hydroxylation is 1. The van der Waals surface area contributed by atoms with Crippen LogP contribution in [0.1, 0.15) is 23.9 Å². The zero-order chi connectivity index (χ0) is 9.30. The highest BCUT2D eigenvalue weighted by Crippen LogP contribution is 2.12. The lowest BCUT2D eigenvalue weighted by Crippen LogP contribution is -2.11. The van der Waals surface area contributed by atoms with Crippen molar-refractivity contribution >= 4 is 6.09 Å². The van der Waals surface area contributed by atoms with Crippen LogP contribution < -0.4 is 0 Å². The molecule has 0 saturated heterocycles. The fraction of sp³-hybridized carbons (Fsp3) is 0.500. The summed E-state index contributed by atoms with van der Waals surface area (Å²) in [5.74, 6) is 0. The summed E-state index contributed by atoms with van der Waals surface area (Å²) in [5.41, 5.74) is 2.55. The van der Waals surface area contributed by atoms with Crippen LogP contribution in [0.25, 0.3) is 0 Å². The van der Waals surface area contributed by atoms with Crippen molar-refractivity contribution in [3.8, 4) is 0 Å². The van der Waals surface area contributed by atoms with E-state index in [1.54, 1.807) is 6.92 Å². The lowest BCUT2D eigenvalue weighted by molar-refractivity contribution is 0.192. The molecule has 0 bridgehead atoms. The van der Waals surface area contributed by atoms with Gasteiger partial charge in [0.25, 0.3) is 0 Å². The number of carbonyl (C=O) groups is 1. The molecule has 0 unspecified atom stereocenters. The highest BCUT2D eigenvalue weighted by molar-refractivity contribution is 5.68. The zero-order valence-corrected chi connectivity index (χ0v) is 7.46. The Bertz CT molecular complexity index is 315. The maximum absolute atomic E-state index is 10.6. The van der Waals surface area contributed by atoms with Crippen LogP contribution in [0.4, 0.5) is 4.79 Å². The van der Waals surface area contributed by atoms with Crippen LogP contribution >= 0.6 is 0 Å². The van der Waals surface area contributed by atoms with Crippen molar-refractivity contribution in [2.45, 2.75) is 27.2 Å². The molecule has 1 N–H and O–H groups in total. The van der Waals surface area contributed by atoms with Crippen LogP contribution in [-0.2, 0) is 6.42 Å². The number of carboxylic acid groups (broad SMARTS) is 1. The smallest absolute Gasteiger partial charge is 0.432 e. The average molecular weight is 168 g/mol. The van der Waals surface area contributed by atoms with E-state index in [4.69, 9.17) is 5.11 Å². The number of rotatable bonds is 1. The molecule has 4 heteroatoms. The molecule has 0 saturated carbocycles. The van der Waals surface area contributed by atoms with Gasteiger partial charge in [-0.05, 0) is 25.8 Å². The van der Waals surface area contributed by atoms with Gasteiger partial charge in [0.15, 0.2) is 0 Å². The lowest BCUT2D eigenvalue weighted by Gasteiger charge is -1.96. The van der Waals surface area contributed by atoms with Crippen LogP contribution in [0.15, 0.2) is 0 Å². The second-order valence-electron chi connectivity index (χ2n) is 2.70. The fourth-order valence-electron chi connectivity index (χ4n) is 1.37. The van der Waals surface area contributed by atoms with Crippen molar-refractivity contribution in [3.05, 3.63) is 17.0 Å². The van der Waals surface area contributed by atoms with Gasteiger partial charge < -0.3 is 5.11 Å². The van der Waals surface area contributed by atoms with Gasteiger partial charge >= 0.3 is 6.09 Å². The van der Waals surface area contributed by atoms with Gasteiger partial charge in [0.2, 0.25) is 0 Å². The first kappa shape index (κ1) is 8.77. The van der Waals surface area contributed by atoms with Gasteiger partial charge in [-0.15, -0.1) is 0 Å². The third-order valence-electron chi connectivity index (χ3n) is 1.98. The monoisotopic (exact) mass is 168 g/mol. The Kier molecular flexibility index (Phi) is 2.17. The summed E-state index contributed by atoms with van der Waals surface area (Å²) in [6.07, 6.45) is -0.194. The lowest BCUT2D eigenvalue weighted by atomic mass is 10.1. The van der Waals surface area contributed by atoms with Crippen LogP contribution in [0.3, 0.4) is 0 Å². The number of hydrogen-bond acceptors (Lipinski definition) is 2. The molecular weight excluding hydrogens is 156 g/mol. The fourth-order valence-corrected chi connectivity index (χ4v) is 1.37. The van der Waals surface area contributed by atoms with Gasteiger partial charge in [-0.25, -0.2) is 4.79 Å². The topological polar surface area (TPSA) is 55.1 Å². The third-order valence-corrected chi connectivity index (χ3v) is 1.98. The Balaban J connectivity index is 3.26. The second-order valence-corrected chi connectivity index (χ2v) is 2.70. The molecule has 12 heavy (non-hydrogen) atoms. The van der Waals surface area contributed by atoms with E-state index >= 15 is 0 Å². The van der Waals surface area contributed by atoms with Crippen LogP contribution in [0, 0.1) is 13.8 Å². The minimum atomic E-state index is -1.02. The van der Waals surface area contributed by atoms with Gasteiger partial charge in [-0.3, -0.25) is 0 Å². The van der Waals surface area contributed by atoms with Crippen molar-refractivity contribution in [2.24, 2.45) is 0 Å². The van der Waals surface area contributed by atoms with Gasteiger partial charge in [0.05, 0.1) is 11.4 Å².